The van der Waals surface area contributed by atoms with E-state index in [1.165, 1.54) is 6.42 Å². The molecule has 0 heterocycles. The van der Waals surface area contributed by atoms with Crippen molar-refractivity contribution < 1.29 is 17.1 Å². The first-order chi connectivity index (χ1) is 2.41. The second-order valence-electron chi connectivity index (χ2n) is 1.35. The summed E-state index contributed by atoms with van der Waals surface area (Å²) in [6.07, 6.45) is 1.43. The third-order valence-electron chi connectivity index (χ3n) is 0.707. The third kappa shape index (κ3) is 4.62. The molecule has 0 bridgehead atoms. The summed E-state index contributed by atoms with van der Waals surface area (Å²) in [6.45, 7) is 2.26. The van der Waals surface area contributed by atoms with Gasteiger partial charge < -0.3 is 0 Å². The molecule has 0 unspecified atom stereocenters. The minimum atomic E-state index is 0.0885. The monoisotopic (exact) mass is 122 g/mol. The van der Waals surface area contributed by atoms with Gasteiger partial charge in [0.25, 0.3) is 0 Å². The fourth-order valence-corrected chi connectivity index (χ4v) is 1.84. The van der Waals surface area contributed by atoms with Crippen LogP contribution in [0.4, 0.5) is 0 Å². The summed E-state index contributed by atoms with van der Waals surface area (Å²) in [7, 11) is 0. The summed E-state index contributed by atoms with van der Waals surface area (Å²) in [5.41, 5.74) is 2.40. The van der Waals surface area contributed by atoms with Crippen LogP contribution in [0, 0.1) is 0 Å². The summed E-state index contributed by atoms with van der Waals surface area (Å²) in [4.78, 5) is 0. The first-order valence-electron chi connectivity index (χ1n) is 2.41. The van der Waals surface area contributed by atoms with Crippen molar-refractivity contribution in [3.05, 3.63) is 0 Å². The van der Waals surface area contributed by atoms with Crippen LogP contribution in [0.3, 0.4) is 0 Å². The quantitative estimate of drug-likeness (QED) is 0.493. The van der Waals surface area contributed by atoms with Crippen molar-refractivity contribution in [3.8, 4) is 0 Å². The fourth-order valence-electron chi connectivity index (χ4n) is 0.354. The predicted octanol–water partition coefficient (Wildman–Crippen LogP) is 1.95. The Balaban J connectivity index is 2.19. The zero-order valence-electron chi connectivity index (χ0n) is 4.12. The van der Waals surface area contributed by atoms with Crippen LogP contribution in [0.15, 0.2) is 0 Å². The van der Waals surface area contributed by atoms with Crippen molar-refractivity contribution in [2.45, 2.75) is 23.9 Å². The van der Waals surface area contributed by atoms with Gasteiger partial charge in [-0.3, -0.25) is 0 Å². The molecule has 0 aliphatic rings. The van der Waals surface area contributed by atoms with Crippen LogP contribution < -0.4 is 0 Å². The average molecular weight is 124 g/mol. The van der Waals surface area contributed by atoms with Gasteiger partial charge in [-0.05, 0) is 0 Å². The van der Waals surface area contributed by atoms with E-state index in [0.29, 0.717) is 0 Å². The molecule has 0 nitrogen and oxygen atoms in total. The van der Waals surface area contributed by atoms with E-state index >= 15 is 0 Å². The Hall–Kier alpha value is 0.623. The molecule has 0 aliphatic heterocycles. The average Bonchev–Trinajstić information content (AvgIpc) is 1.41. The van der Waals surface area contributed by atoms with E-state index in [1.807, 2.05) is 0 Å². The standard InChI is InChI=1S/C3H7.CH3.Zn/c1-3-2;;/h1,3H2,2H3;1H3;. The first kappa shape index (κ1) is 5.62. The van der Waals surface area contributed by atoms with Gasteiger partial charge in [-0.15, -0.1) is 0 Å². The molecule has 0 spiro atoms. The molecule has 1 heteroatoms. The van der Waals surface area contributed by atoms with Crippen molar-refractivity contribution in [1.82, 2.24) is 0 Å². The third-order valence-corrected chi connectivity index (χ3v) is 3.67. The maximum atomic E-state index is 2.40. The Morgan fingerprint density at radius 3 is 2.20 bits per heavy atom. The Labute approximate surface area is 41.6 Å². The molecule has 0 aromatic heterocycles. The number of rotatable bonds is 2. The molecule has 5 heavy (non-hydrogen) atoms. The van der Waals surface area contributed by atoms with Gasteiger partial charge >= 0.3 is 41.0 Å². The summed E-state index contributed by atoms with van der Waals surface area (Å²) < 4.78 is 0. The molecule has 0 atom stereocenters. The van der Waals surface area contributed by atoms with Gasteiger partial charge in [0.2, 0.25) is 0 Å². The van der Waals surface area contributed by atoms with Crippen LogP contribution in [-0.2, 0) is 17.1 Å². The fraction of sp³-hybridized carbons (Fsp3) is 1.00. The van der Waals surface area contributed by atoms with E-state index in [1.54, 1.807) is 5.02 Å². The zero-order chi connectivity index (χ0) is 4.12. The van der Waals surface area contributed by atoms with E-state index < -0.39 is 0 Å². The summed E-state index contributed by atoms with van der Waals surface area (Å²) >= 11 is 0.0885. The van der Waals surface area contributed by atoms with Gasteiger partial charge in [-0.25, -0.2) is 0 Å². The van der Waals surface area contributed by atoms with Crippen LogP contribution in [0.2, 0.25) is 10.5 Å². The molecule has 0 aliphatic carbocycles. The molecule has 0 fully saturated rings. The van der Waals surface area contributed by atoms with Crippen molar-refractivity contribution in [1.29, 1.82) is 0 Å². The summed E-state index contributed by atoms with van der Waals surface area (Å²) in [5.74, 6) is 0. The number of hydrogen-bond acceptors (Lipinski definition) is 0. The van der Waals surface area contributed by atoms with Crippen molar-refractivity contribution in [2.75, 3.05) is 0 Å². The Kier molecular flexibility index (Phi) is 5.20. The van der Waals surface area contributed by atoms with Crippen LogP contribution in [0.25, 0.3) is 0 Å². The van der Waals surface area contributed by atoms with Gasteiger partial charge in [0.05, 0.1) is 0 Å². The SMILES string of the molecule is CC[CH2][Zn][CH3]. The molecule has 0 radical (unpaired) electrons. The van der Waals surface area contributed by atoms with Crippen LogP contribution >= 0.6 is 0 Å². The van der Waals surface area contributed by atoms with E-state index in [9.17, 15) is 0 Å². The maximum absolute atomic E-state index is 2.40. The van der Waals surface area contributed by atoms with Crippen LogP contribution in [0.1, 0.15) is 13.3 Å². The summed E-state index contributed by atoms with van der Waals surface area (Å²) in [6, 6.07) is 0. The van der Waals surface area contributed by atoms with Crippen LogP contribution in [0.5, 0.6) is 0 Å². The second kappa shape index (κ2) is 4.62. The predicted molar refractivity (Wildman–Crippen MR) is 21.0 cm³/mol. The zero-order valence-corrected chi connectivity index (χ0v) is 7.09. The molecule has 0 N–H and O–H groups in total. The van der Waals surface area contributed by atoms with Gasteiger partial charge in [0.15, 0.2) is 0 Å². The molecular formula is C4H10Zn. The number of hydrogen-bond donors (Lipinski definition) is 0. The van der Waals surface area contributed by atoms with E-state index in [4.69, 9.17) is 0 Å². The van der Waals surface area contributed by atoms with Crippen molar-refractivity contribution in [3.63, 3.8) is 0 Å². The van der Waals surface area contributed by atoms with Gasteiger partial charge in [-0.2, -0.15) is 0 Å². The Morgan fingerprint density at radius 2 is 2.20 bits per heavy atom. The molecular weight excluding hydrogens is 113 g/mol. The van der Waals surface area contributed by atoms with Gasteiger partial charge in [0.1, 0.15) is 0 Å². The normalized spacial score (nSPS) is 6.80. The molecule has 0 aromatic rings. The minimum absolute atomic E-state index is 0.0885. The molecule has 0 amide bonds. The van der Waals surface area contributed by atoms with Crippen molar-refractivity contribution >= 4 is 0 Å². The topological polar surface area (TPSA) is 0 Å². The van der Waals surface area contributed by atoms with Crippen molar-refractivity contribution in [2.24, 2.45) is 0 Å². The molecule has 0 rings (SSSR count). The molecule has 0 saturated heterocycles. The second-order valence-corrected chi connectivity index (χ2v) is 4.94. The Morgan fingerprint density at radius 1 is 1.60 bits per heavy atom. The Bertz CT molecular complexity index is 11.1. The first-order valence-corrected chi connectivity index (χ1v) is 7.48. The van der Waals surface area contributed by atoms with Gasteiger partial charge in [-0.1, -0.05) is 0 Å². The van der Waals surface area contributed by atoms with Gasteiger partial charge in [0, 0.05) is 0 Å². The molecule has 0 aromatic carbocycles. The van der Waals surface area contributed by atoms with Crippen LogP contribution in [-0.4, -0.2) is 0 Å². The van der Waals surface area contributed by atoms with E-state index in [-0.39, 0.29) is 17.1 Å². The summed E-state index contributed by atoms with van der Waals surface area (Å²) in [5, 5.41) is 1.58. The molecule has 0 saturated carbocycles. The molecule has 28 valence electrons. The van der Waals surface area contributed by atoms with E-state index in [0.717, 1.165) is 0 Å². The van der Waals surface area contributed by atoms with E-state index in [2.05, 4.69) is 12.4 Å².